The average Bonchev–Trinajstić information content (AvgIpc) is 2.78. The lowest BCUT2D eigenvalue weighted by Gasteiger charge is -2.26. The highest BCUT2D eigenvalue weighted by molar-refractivity contribution is 7.99. The molecule has 0 radical (unpaired) electrons. The van der Waals surface area contributed by atoms with Crippen LogP contribution in [0.3, 0.4) is 0 Å². The number of benzene rings is 1. The Bertz CT molecular complexity index is 813. The van der Waals surface area contributed by atoms with Crippen molar-refractivity contribution >= 4 is 29.3 Å². The molecule has 2 aromatic rings. The fourth-order valence-electron chi connectivity index (χ4n) is 3.06. The molecule has 1 aliphatic rings. The number of carbonyl (C=O) groups excluding carboxylic acids is 2. The third kappa shape index (κ3) is 8.14. The Hall–Kier alpha value is -2.42. The summed E-state index contributed by atoms with van der Waals surface area (Å²) in [5.74, 6) is 1.14. The summed E-state index contributed by atoms with van der Waals surface area (Å²) in [6.45, 7) is 4.39. The number of rotatable bonds is 10. The van der Waals surface area contributed by atoms with Gasteiger partial charge in [0.2, 0.25) is 11.8 Å². The molecule has 1 fully saturated rings. The molecular weight excluding hydrogens is 400 g/mol. The van der Waals surface area contributed by atoms with Crippen molar-refractivity contribution in [3.05, 3.63) is 59.9 Å². The van der Waals surface area contributed by atoms with Crippen LogP contribution in [-0.2, 0) is 26.6 Å². The second kappa shape index (κ2) is 12.3. The van der Waals surface area contributed by atoms with Crippen molar-refractivity contribution in [3.63, 3.8) is 0 Å². The van der Waals surface area contributed by atoms with Gasteiger partial charge in [-0.05, 0) is 29.3 Å². The molecule has 2 heterocycles. The van der Waals surface area contributed by atoms with Crippen molar-refractivity contribution in [2.45, 2.75) is 18.7 Å². The molecule has 0 aliphatic carbocycles. The minimum atomic E-state index is -0.0103. The van der Waals surface area contributed by atoms with E-state index in [4.69, 9.17) is 4.74 Å². The fraction of sp³-hybridized carbons (Fsp3) is 0.409. The van der Waals surface area contributed by atoms with E-state index in [0.717, 1.165) is 55.4 Å². The van der Waals surface area contributed by atoms with Crippen LogP contribution in [0.1, 0.15) is 17.5 Å². The van der Waals surface area contributed by atoms with Gasteiger partial charge in [-0.25, -0.2) is 0 Å². The lowest BCUT2D eigenvalue weighted by atomic mass is 10.2. The zero-order chi connectivity index (χ0) is 21.0. The third-order valence-electron chi connectivity index (χ3n) is 4.68. The largest absolute Gasteiger partial charge is 0.379 e. The van der Waals surface area contributed by atoms with Gasteiger partial charge in [0, 0.05) is 56.4 Å². The molecule has 3 rings (SSSR count). The first kappa shape index (κ1) is 22.3. The summed E-state index contributed by atoms with van der Waals surface area (Å²) in [4.78, 5) is 30.6. The van der Waals surface area contributed by atoms with Crippen molar-refractivity contribution in [3.8, 4) is 0 Å². The van der Waals surface area contributed by atoms with E-state index < -0.39 is 0 Å². The second-order valence-electron chi connectivity index (χ2n) is 7.08. The molecule has 0 spiro atoms. The Morgan fingerprint density at radius 2 is 1.93 bits per heavy atom. The molecule has 2 N–H and O–H groups in total. The first-order valence-electron chi connectivity index (χ1n) is 10.1. The molecule has 2 amide bonds. The molecule has 8 heteroatoms. The number of thioether (sulfide) groups is 1. The van der Waals surface area contributed by atoms with Gasteiger partial charge in [-0.15, -0.1) is 11.8 Å². The number of carbonyl (C=O) groups is 2. The fourth-order valence-corrected chi connectivity index (χ4v) is 3.86. The number of nitrogens with one attached hydrogen (secondary N) is 2. The predicted molar refractivity (Wildman–Crippen MR) is 119 cm³/mol. The average molecular weight is 429 g/mol. The van der Waals surface area contributed by atoms with Gasteiger partial charge in [0.1, 0.15) is 0 Å². The molecule has 30 heavy (non-hydrogen) atoms. The molecule has 1 aromatic heterocycles. The summed E-state index contributed by atoms with van der Waals surface area (Å²) in [7, 11) is 0. The monoisotopic (exact) mass is 428 g/mol. The minimum absolute atomic E-state index is 0.00511. The van der Waals surface area contributed by atoms with Crippen molar-refractivity contribution in [2.75, 3.05) is 43.9 Å². The van der Waals surface area contributed by atoms with E-state index in [1.165, 1.54) is 0 Å². The Morgan fingerprint density at radius 3 is 2.73 bits per heavy atom. The van der Waals surface area contributed by atoms with Crippen LogP contribution >= 0.6 is 11.8 Å². The molecule has 0 atom stereocenters. The number of morpholine rings is 1. The maximum absolute atomic E-state index is 12.2. The molecule has 0 saturated carbocycles. The van der Waals surface area contributed by atoms with Gasteiger partial charge >= 0.3 is 0 Å². The van der Waals surface area contributed by atoms with Crippen molar-refractivity contribution in [2.24, 2.45) is 0 Å². The summed E-state index contributed by atoms with van der Waals surface area (Å²) in [6, 6.07) is 11.5. The number of pyridine rings is 1. The third-order valence-corrected chi connectivity index (χ3v) is 5.69. The number of ether oxygens (including phenoxy) is 1. The summed E-state index contributed by atoms with van der Waals surface area (Å²) in [6.07, 6.45) is 4.00. The standard InChI is InChI=1S/C22H28N4O3S/c27-21(6-8-26-9-11-29-12-10-26)25-20-5-1-3-18(13-20)15-24-22(28)17-30-16-19-4-2-7-23-14-19/h1-5,7,13-14H,6,8-12,15-17H2,(H,24,28)(H,25,27). The van der Waals surface area contributed by atoms with Crippen LogP contribution in [0.2, 0.25) is 0 Å². The highest BCUT2D eigenvalue weighted by atomic mass is 32.2. The van der Waals surface area contributed by atoms with Gasteiger partial charge in [0.05, 0.1) is 19.0 Å². The van der Waals surface area contributed by atoms with Crippen LogP contribution in [0.4, 0.5) is 5.69 Å². The number of hydrogen-bond acceptors (Lipinski definition) is 6. The van der Waals surface area contributed by atoms with E-state index in [2.05, 4.69) is 20.5 Å². The quantitative estimate of drug-likeness (QED) is 0.604. The van der Waals surface area contributed by atoms with E-state index in [-0.39, 0.29) is 11.8 Å². The minimum Gasteiger partial charge on any atom is -0.379 e. The summed E-state index contributed by atoms with van der Waals surface area (Å²) in [5.41, 5.74) is 2.80. The van der Waals surface area contributed by atoms with Gasteiger partial charge in [0.25, 0.3) is 0 Å². The maximum atomic E-state index is 12.2. The molecule has 1 aromatic carbocycles. The summed E-state index contributed by atoms with van der Waals surface area (Å²) < 4.78 is 5.32. The van der Waals surface area contributed by atoms with E-state index in [1.54, 1.807) is 18.0 Å². The Balaban J connectivity index is 1.35. The topological polar surface area (TPSA) is 83.6 Å². The van der Waals surface area contributed by atoms with Crippen LogP contribution in [0.25, 0.3) is 0 Å². The number of amides is 2. The molecule has 0 bridgehead atoms. The van der Waals surface area contributed by atoms with Crippen LogP contribution < -0.4 is 10.6 Å². The van der Waals surface area contributed by atoms with Crippen LogP contribution in [0, 0.1) is 0 Å². The van der Waals surface area contributed by atoms with Crippen LogP contribution in [0.15, 0.2) is 48.8 Å². The van der Waals surface area contributed by atoms with Gasteiger partial charge in [-0.2, -0.15) is 0 Å². The normalized spacial score (nSPS) is 14.3. The van der Waals surface area contributed by atoms with E-state index in [9.17, 15) is 9.59 Å². The summed E-state index contributed by atoms with van der Waals surface area (Å²) >= 11 is 1.56. The van der Waals surface area contributed by atoms with Gasteiger partial charge in [0.15, 0.2) is 0 Å². The molecule has 0 unspecified atom stereocenters. The smallest absolute Gasteiger partial charge is 0.230 e. The van der Waals surface area contributed by atoms with Crippen molar-refractivity contribution < 1.29 is 14.3 Å². The Morgan fingerprint density at radius 1 is 1.10 bits per heavy atom. The van der Waals surface area contributed by atoms with Crippen molar-refractivity contribution in [1.82, 2.24) is 15.2 Å². The summed E-state index contributed by atoms with van der Waals surface area (Å²) in [5, 5.41) is 5.87. The Labute approximate surface area is 181 Å². The number of hydrogen-bond donors (Lipinski definition) is 2. The highest BCUT2D eigenvalue weighted by Crippen LogP contribution is 2.13. The van der Waals surface area contributed by atoms with Gasteiger partial charge in [-0.3, -0.25) is 19.5 Å². The highest BCUT2D eigenvalue weighted by Gasteiger charge is 2.12. The first-order chi connectivity index (χ1) is 14.7. The lowest BCUT2D eigenvalue weighted by Crippen LogP contribution is -2.38. The lowest BCUT2D eigenvalue weighted by molar-refractivity contribution is -0.119. The van der Waals surface area contributed by atoms with Gasteiger partial charge in [-0.1, -0.05) is 18.2 Å². The van der Waals surface area contributed by atoms with Gasteiger partial charge < -0.3 is 15.4 Å². The van der Waals surface area contributed by atoms with Crippen LogP contribution in [-0.4, -0.2) is 60.3 Å². The van der Waals surface area contributed by atoms with E-state index in [1.807, 2.05) is 42.6 Å². The second-order valence-corrected chi connectivity index (χ2v) is 8.07. The molecule has 1 saturated heterocycles. The van der Waals surface area contributed by atoms with E-state index in [0.29, 0.717) is 18.7 Å². The van der Waals surface area contributed by atoms with Crippen molar-refractivity contribution in [1.29, 1.82) is 0 Å². The predicted octanol–water partition coefficient (Wildman–Crippen LogP) is 2.29. The Kier molecular flexibility index (Phi) is 9.14. The van der Waals surface area contributed by atoms with E-state index >= 15 is 0 Å². The number of nitrogens with zero attached hydrogens (tertiary/aromatic N) is 2. The molecule has 1 aliphatic heterocycles. The maximum Gasteiger partial charge on any atom is 0.230 e. The number of aromatic nitrogens is 1. The number of anilines is 1. The zero-order valence-electron chi connectivity index (χ0n) is 17.0. The zero-order valence-corrected chi connectivity index (χ0v) is 17.8. The van der Waals surface area contributed by atoms with Crippen LogP contribution in [0.5, 0.6) is 0 Å². The first-order valence-corrected chi connectivity index (χ1v) is 11.3. The molecule has 160 valence electrons. The molecule has 7 nitrogen and oxygen atoms in total. The molecular formula is C22H28N4O3S. The SMILES string of the molecule is O=C(CSCc1cccnc1)NCc1cccc(NC(=O)CCN2CCOCC2)c1.